The van der Waals surface area contributed by atoms with Crippen LogP contribution in [0.25, 0.3) is 5.78 Å². The molecule has 0 aliphatic carbocycles. The number of amides is 1. The Morgan fingerprint density at radius 3 is 2.63 bits per heavy atom. The van der Waals surface area contributed by atoms with Gasteiger partial charge in [-0.3, -0.25) is 25.8 Å². The number of anilines is 2. The smallest absolute Gasteiger partial charge is 0.366 e. The molecule has 4 N–H and O–H groups in total. The van der Waals surface area contributed by atoms with Gasteiger partial charge in [-0.1, -0.05) is 0 Å². The number of rotatable bonds is 5. The predicted octanol–water partition coefficient (Wildman–Crippen LogP) is 1.94. The van der Waals surface area contributed by atoms with E-state index in [9.17, 15) is 28.1 Å². The Balaban J connectivity index is 1.78. The number of alkyl halides is 3. The Bertz CT molecular complexity index is 1160. The highest BCUT2D eigenvalue weighted by molar-refractivity contribution is 5.81. The van der Waals surface area contributed by atoms with E-state index >= 15 is 0 Å². The second kappa shape index (κ2) is 7.46. The molecular formula is C16H15F3N8O3. The topological polar surface area (TPSA) is 153 Å². The van der Waals surface area contributed by atoms with E-state index in [4.69, 9.17) is 5.73 Å². The average molecular weight is 424 g/mol. The van der Waals surface area contributed by atoms with Crippen molar-refractivity contribution in [2.24, 2.45) is 0 Å². The van der Waals surface area contributed by atoms with Gasteiger partial charge in [0.15, 0.2) is 0 Å². The predicted molar refractivity (Wildman–Crippen MR) is 98.2 cm³/mol. The normalized spacial score (nSPS) is 11.5. The van der Waals surface area contributed by atoms with Gasteiger partial charge < -0.3 is 5.73 Å². The molecule has 1 amide bonds. The number of nitrogens with one attached hydrogen (secondary N) is 2. The number of nitrogens with zero attached hydrogens (tertiary/aromatic N) is 5. The first-order valence-corrected chi connectivity index (χ1v) is 8.36. The van der Waals surface area contributed by atoms with E-state index in [1.165, 1.54) is 4.52 Å². The number of nitro groups is 1. The molecule has 0 saturated carbocycles. The maximum Gasteiger partial charge on any atom is 0.416 e. The molecule has 0 unspecified atom stereocenters. The second-order valence-electron chi connectivity index (χ2n) is 6.28. The van der Waals surface area contributed by atoms with E-state index in [1.807, 2.05) is 0 Å². The van der Waals surface area contributed by atoms with Gasteiger partial charge in [-0.2, -0.15) is 22.7 Å². The van der Waals surface area contributed by atoms with Crippen molar-refractivity contribution in [2.45, 2.75) is 26.4 Å². The number of carbonyl (C=O) groups is 1. The summed E-state index contributed by atoms with van der Waals surface area (Å²) < 4.78 is 39.7. The molecule has 0 saturated heterocycles. The molecule has 1 aromatic carbocycles. The van der Waals surface area contributed by atoms with Gasteiger partial charge in [0.05, 0.1) is 16.9 Å². The van der Waals surface area contributed by atoms with Crippen LogP contribution in [0.5, 0.6) is 0 Å². The third-order valence-corrected chi connectivity index (χ3v) is 4.26. The van der Waals surface area contributed by atoms with Gasteiger partial charge >= 0.3 is 6.18 Å². The van der Waals surface area contributed by atoms with E-state index in [-0.39, 0.29) is 23.8 Å². The summed E-state index contributed by atoms with van der Waals surface area (Å²) in [5.41, 5.74) is 9.36. The average Bonchev–Trinajstić information content (AvgIpc) is 3.02. The molecule has 11 nitrogen and oxygen atoms in total. The first-order chi connectivity index (χ1) is 14.0. The number of benzene rings is 1. The molecule has 2 heterocycles. The quantitative estimate of drug-likeness (QED) is 0.415. The number of hydrogen-bond acceptors (Lipinski definition) is 8. The third-order valence-electron chi connectivity index (χ3n) is 4.26. The minimum atomic E-state index is -4.74. The largest absolute Gasteiger partial charge is 0.416 e. The monoisotopic (exact) mass is 424 g/mol. The van der Waals surface area contributed by atoms with Crippen molar-refractivity contribution in [3.63, 3.8) is 0 Å². The van der Waals surface area contributed by atoms with E-state index in [1.54, 1.807) is 13.8 Å². The van der Waals surface area contributed by atoms with Crippen LogP contribution in [0.2, 0.25) is 0 Å². The summed E-state index contributed by atoms with van der Waals surface area (Å²) in [5, 5.41) is 15.1. The molecule has 0 atom stereocenters. The molecule has 0 bridgehead atoms. The van der Waals surface area contributed by atoms with Crippen LogP contribution in [-0.4, -0.2) is 30.4 Å². The molecule has 0 aliphatic heterocycles. The van der Waals surface area contributed by atoms with Crippen molar-refractivity contribution < 1.29 is 22.9 Å². The molecule has 2 aromatic heterocycles. The van der Waals surface area contributed by atoms with Crippen LogP contribution in [-0.2, 0) is 17.4 Å². The Morgan fingerprint density at radius 2 is 2.00 bits per heavy atom. The number of aryl methyl sites for hydroxylation is 2. The first-order valence-electron chi connectivity index (χ1n) is 8.36. The summed E-state index contributed by atoms with van der Waals surface area (Å²) in [5.74, 6) is -0.322. The van der Waals surface area contributed by atoms with Crippen molar-refractivity contribution in [1.29, 1.82) is 0 Å². The highest BCUT2D eigenvalue weighted by Crippen LogP contribution is 2.34. The van der Waals surface area contributed by atoms with Crippen LogP contribution in [0, 0.1) is 24.0 Å². The number of aromatic nitrogens is 4. The number of nitro benzene ring substituents is 1. The van der Waals surface area contributed by atoms with Crippen molar-refractivity contribution in [3.8, 4) is 0 Å². The van der Waals surface area contributed by atoms with E-state index < -0.39 is 28.3 Å². The zero-order valence-corrected chi connectivity index (χ0v) is 15.6. The summed E-state index contributed by atoms with van der Waals surface area (Å²) in [6, 6.07) is 1.92. The zero-order chi connectivity index (χ0) is 22.2. The number of nitrogen functional groups attached to an aromatic ring is 1. The minimum Gasteiger partial charge on any atom is -0.366 e. The SMILES string of the molecule is Cc1nc2nc(N)nn2c(C)c1CC(=O)NNc1ccc(C(F)(F)F)cc1[N+](=O)[O-]. The maximum atomic E-state index is 12.8. The maximum absolute atomic E-state index is 12.8. The summed E-state index contributed by atoms with van der Waals surface area (Å²) in [7, 11) is 0. The number of hydrogen-bond donors (Lipinski definition) is 3. The molecular weight excluding hydrogens is 409 g/mol. The molecule has 0 fully saturated rings. The molecule has 0 spiro atoms. The number of halogens is 3. The highest BCUT2D eigenvalue weighted by Gasteiger charge is 2.33. The van der Waals surface area contributed by atoms with Gasteiger partial charge in [0.1, 0.15) is 5.69 Å². The number of fused-ring (bicyclic) bond motifs is 1. The standard InChI is InChI=1S/C16H15F3N8O3/c1-7-10(8(2)26-15(21-7)22-14(20)25-26)6-13(28)24-23-11-4-3-9(16(17,18)19)5-12(11)27(29)30/h3-5,23H,6H2,1-2H3,(H2,20,25)(H,24,28). The summed E-state index contributed by atoms with van der Waals surface area (Å²) >= 11 is 0. The van der Waals surface area contributed by atoms with Crippen molar-refractivity contribution in [2.75, 3.05) is 11.2 Å². The molecule has 158 valence electrons. The molecule has 14 heteroatoms. The fraction of sp³-hybridized carbons (Fsp3) is 0.250. The van der Waals surface area contributed by atoms with Crippen LogP contribution in [0.3, 0.4) is 0 Å². The Kier molecular flexibility index (Phi) is 5.16. The fourth-order valence-electron chi connectivity index (χ4n) is 2.79. The van der Waals surface area contributed by atoms with Crippen LogP contribution in [0.1, 0.15) is 22.5 Å². The lowest BCUT2D eigenvalue weighted by Gasteiger charge is -2.13. The zero-order valence-electron chi connectivity index (χ0n) is 15.6. The van der Waals surface area contributed by atoms with E-state index in [2.05, 4.69) is 25.9 Å². The fourth-order valence-corrected chi connectivity index (χ4v) is 2.79. The van der Waals surface area contributed by atoms with Crippen LogP contribution < -0.4 is 16.6 Å². The minimum absolute atomic E-state index is 0.0166. The molecule has 3 aromatic rings. The van der Waals surface area contributed by atoms with Gasteiger partial charge in [0, 0.05) is 23.0 Å². The lowest BCUT2D eigenvalue weighted by molar-refractivity contribution is -0.384. The van der Waals surface area contributed by atoms with Gasteiger partial charge in [-0.05, 0) is 26.0 Å². The first kappa shape index (κ1) is 20.8. The van der Waals surface area contributed by atoms with Gasteiger partial charge in [-0.25, -0.2) is 4.98 Å². The molecule has 0 aliphatic rings. The summed E-state index contributed by atoms with van der Waals surface area (Å²) in [4.78, 5) is 30.6. The van der Waals surface area contributed by atoms with Crippen molar-refractivity contribution >= 4 is 29.0 Å². The Labute approximate surface area is 166 Å². The second-order valence-corrected chi connectivity index (χ2v) is 6.28. The molecule has 3 rings (SSSR count). The number of hydrazine groups is 1. The summed E-state index contributed by atoms with van der Waals surface area (Å²) in [6.07, 6.45) is -4.92. The lowest BCUT2D eigenvalue weighted by atomic mass is 10.1. The van der Waals surface area contributed by atoms with Crippen LogP contribution >= 0.6 is 0 Å². The molecule has 30 heavy (non-hydrogen) atoms. The third kappa shape index (κ3) is 4.06. The number of carbonyl (C=O) groups excluding carboxylic acids is 1. The van der Waals surface area contributed by atoms with Gasteiger partial charge in [-0.15, -0.1) is 5.10 Å². The lowest BCUT2D eigenvalue weighted by Crippen LogP contribution is -2.31. The van der Waals surface area contributed by atoms with Crippen LogP contribution in [0.4, 0.5) is 30.5 Å². The van der Waals surface area contributed by atoms with Crippen molar-refractivity contribution in [3.05, 3.63) is 50.8 Å². The van der Waals surface area contributed by atoms with E-state index in [0.717, 1.165) is 6.07 Å². The Morgan fingerprint density at radius 1 is 1.30 bits per heavy atom. The van der Waals surface area contributed by atoms with Gasteiger partial charge in [0.2, 0.25) is 11.9 Å². The number of nitrogens with two attached hydrogens (primary N) is 1. The van der Waals surface area contributed by atoms with Gasteiger partial charge in [0.25, 0.3) is 11.5 Å². The highest BCUT2D eigenvalue weighted by atomic mass is 19.4. The van der Waals surface area contributed by atoms with Crippen molar-refractivity contribution in [1.82, 2.24) is 25.0 Å². The Hall–Kier alpha value is -3.97. The summed E-state index contributed by atoms with van der Waals surface area (Å²) in [6.45, 7) is 3.35. The molecule has 0 radical (unpaired) electrons. The van der Waals surface area contributed by atoms with Crippen LogP contribution in [0.15, 0.2) is 18.2 Å². The van der Waals surface area contributed by atoms with E-state index in [0.29, 0.717) is 29.1 Å².